The summed E-state index contributed by atoms with van der Waals surface area (Å²) in [5.41, 5.74) is 8.56. The van der Waals surface area contributed by atoms with Crippen LogP contribution in [0.15, 0.2) is 97.1 Å². The van der Waals surface area contributed by atoms with Gasteiger partial charge in [0.25, 0.3) is 5.91 Å². The van der Waals surface area contributed by atoms with Crippen molar-refractivity contribution in [2.75, 3.05) is 11.9 Å². The SMILES string of the molecule is Cc1cc(COC(=O)c2ccccc2N(C)C(=O)n2nnc3ccccc32)ccc1Oc1cc(C(N)=O)c(O)c2ccccc12. The molecule has 5 aromatic carbocycles. The monoisotopic (exact) mass is 601 g/mol. The standard InChI is InChI=1S/C34H27N5O6/c1-20-17-21(15-16-29(20)45-30-18-25(32(35)41)31(40)23-10-4-3-9-22(23)30)19-44-33(42)24-11-5-7-13-27(24)38(2)34(43)39-28-14-8-6-12-26(28)36-37-39/h3-18,40H,19H2,1-2H3,(H2,35,41). The molecule has 0 unspecified atom stereocenters. The van der Waals surface area contributed by atoms with E-state index in [0.29, 0.717) is 44.6 Å². The van der Waals surface area contributed by atoms with E-state index in [2.05, 4.69) is 10.3 Å². The predicted octanol–water partition coefficient (Wildman–Crippen LogP) is 5.95. The molecule has 6 aromatic rings. The fraction of sp³-hybridized carbons (Fsp3) is 0.0882. The second-order valence-electron chi connectivity index (χ2n) is 10.3. The second kappa shape index (κ2) is 11.8. The van der Waals surface area contributed by atoms with Crippen LogP contribution in [-0.2, 0) is 11.3 Å². The molecule has 0 bridgehead atoms. The number of carbonyl (C=O) groups excluding carboxylic acids is 3. The lowest BCUT2D eigenvalue weighted by Gasteiger charge is -2.20. The van der Waals surface area contributed by atoms with Crippen LogP contribution >= 0.6 is 0 Å². The molecule has 11 nitrogen and oxygen atoms in total. The first-order valence-electron chi connectivity index (χ1n) is 13.9. The number of ether oxygens (including phenoxy) is 2. The molecule has 2 amide bonds. The van der Waals surface area contributed by atoms with E-state index in [-0.39, 0.29) is 23.5 Å². The first-order chi connectivity index (χ1) is 21.7. The van der Waals surface area contributed by atoms with Gasteiger partial charge in [-0.2, -0.15) is 4.68 Å². The summed E-state index contributed by atoms with van der Waals surface area (Å²) in [6, 6.07) is 27.0. The first kappa shape index (κ1) is 28.9. The highest BCUT2D eigenvalue weighted by Gasteiger charge is 2.23. The lowest BCUT2D eigenvalue weighted by Crippen LogP contribution is -2.33. The number of benzene rings is 5. The Hall–Kier alpha value is -6.23. The molecule has 45 heavy (non-hydrogen) atoms. The number of hydrogen-bond acceptors (Lipinski definition) is 8. The Morgan fingerprint density at radius 2 is 1.58 bits per heavy atom. The maximum atomic E-state index is 13.3. The normalized spacial score (nSPS) is 11.0. The Kier molecular flexibility index (Phi) is 7.57. The number of aryl methyl sites for hydroxylation is 1. The summed E-state index contributed by atoms with van der Waals surface area (Å²) >= 11 is 0. The van der Waals surface area contributed by atoms with Crippen LogP contribution in [0.4, 0.5) is 10.5 Å². The number of phenols is 1. The smallest absolute Gasteiger partial charge is 0.350 e. The Bertz CT molecular complexity index is 2120. The summed E-state index contributed by atoms with van der Waals surface area (Å²) in [6.07, 6.45) is 0. The van der Waals surface area contributed by atoms with Gasteiger partial charge in [0.05, 0.1) is 22.3 Å². The van der Waals surface area contributed by atoms with Crippen LogP contribution in [0.2, 0.25) is 0 Å². The highest BCUT2D eigenvalue weighted by Crippen LogP contribution is 2.38. The van der Waals surface area contributed by atoms with Crippen LogP contribution in [0.1, 0.15) is 31.8 Å². The van der Waals surface area contributed by atoms with Gasteiger partial charge in [-0.1, -0.05) is 59.8 Å². The minimum Gasteiger partial charge on any atom is -0.506 e. The van der Waals surface area contributed by atoms with Crippen molar-refractivity contribution >= 4 is 45.4 Å². The zero-order chi connectivity index (χ0) is 31.7. The van der Waals surface area contributed by atoms with Gasteiger partial charge in [0.15, 0.2) is 0 Å². The van der Waals surface area contributed by atoms with Crippen molar-refractivity contribution in [3.8, 4) is 17.2 Å². The average Bonchev–Trinajstić information content (AvgIpc) is 3.49. The van der Waals surface area contributed by atoms with Gasteiger partial charge in [-0.15, -0.1) is 5.10 Å². The number of nitrogens with two attached hydrogens (primary N) is 1. The Morgan fingerprint density at radius 3 is 2.36 bits per heavy atom. The molecule has 11 heteroatoms. The van der Waals surface area contributed by atoms with Crippen LogP contribution < -0.4 is 15.4 Å². The van der Waals surface area contributed by atoms with Gasteiger partial charge < -0.3 is 20.3 Å². The van der Waals surface area contributed by atoms with Gasteiger partial charge >= 0.3 is 12.0 Å². The molecule has 0 aliphatic heterocycles. The number of anilines is 1. The molecular weight excluding hydrogens is 574 g/mol. The molecule has 6 rings (SSSR count). The maximum Gasteiger partial charge on any atom is 0.350 e. The molecule has 0 spiro atoms. The van der Waals surface area contributed by atoms with Crippen molar-refractivity contribution in [1.29, 1.82) is 0 Å². The summed E-state index contributed by atoms with van der Waals surface area (Å²) in [5.74, 6) is -0.735. The number of amides is 2. The fourth-order valence-corrected chi connectivity index (χ4v) is 5.05. The zero-order valence-corrected chi connectivity index (χ0v) is 24.3. The molecular formula is C34H27N5O6. The van der Waals surface area contributed by atoms with Crippen LogP contribution in [-0.4, -0.2) is 45.1 Å². The molecule has 224 valence electrons. The number of para-hydroxylation sites is 2. The van der Waals surface area contributed by atoms with E-state index in [1.54, 1.807) is 92.0 Å². The summed E-state index contributed by atoms with van der Waals surface area (Å²) in [4.78, 5) is 39.8. The van der Waals surface area contributed by atoms with Gasteiger partial charge in [-0.05, 0) is 60.5 Å². The van der Waals surface area contributed by atoms with Gasteiger partial charge in [0, 0.05) is 17.8 Å². The second-order valence-corrected chi connectivity index (χ2v) is 10.3. The largest absolute Gasteiger partial charge is 0.506 e. The number of nitrogens with zero attached hydrogens (tertiary/aromatic N) is 4. The van der Waals surface area contributed by atoms with Crippen molar-refractivity contribution in [3.05, 3.63) is 119 Å². The molecule has 0 atom stereocenters. The molecule has 3 N–H and O–H groups in total. The van der Waals surface area contributed by atoms with E-state index in [1.165, 1.54) is 15.6 Å². The minimum absolute atomic E-state index is 0.0341. The van der Waals surface area contributed by atoms with Gasteiger partial charge in [-0.3, -0.25) is 9.69 Å². The molecule has 0 aliphatic carbocycles. The summed E-state index contributed by atoms with van der Waals surface area (Å²) in [5, 5.41) is 19.6. The van der Waals surface area contributed by atoms with E-state index in [9.17, 15) is 19.5 Å². The van der Waals surface area contributed by atoms with Crippen LogP contribution in [0.3, 0.4) is 0 Å². The topological polar surface area (TPSA) is 150 Å². The van der Waals surface area contributed by atoms with Crippen molar-refractivity contribution in [2.24, 2.45) is 5.73 Å². The third-order valence-electron chi connectivity index (χ3n) is 7.38. The highest BCUT2D eigenvalue weighted by molar-refractivity contribution is 6.06. The number of rotatable bonds is 7. The maximum absolute atomic E-state index is 13.3. The molecule has 0 saturated heterocycles. The summed E-state index contributed by atoms with van der Waals surface area (Å²) in [6.45, 7) is 1.80. The zero-order valence-electron chi connectivity index (χ0n) is 24.3. The fourth-order valence-electron chi connectivity index (χ4n) is 5.05. The number of hydrogen-bond donors (Lipinski definition) is 2. The average molecular weight is 602 g/mol. The van der Waals surface area contributed by atoms with E-state index < -0.39 is 17.9 Å². The lowest BCUT2D eigenvalue weighted by molar-refractivity contribution is 0.0473. The lowest BCUT2D eigenvalue weighted by atomic mass is 10.0. The van der Waals surface area contributed by atoms with E-state index in [4.69, 9.17) is 15.2 Å². The minimum atomic E-state index is -0.777. The van der Waals surface area contributed by atoms with Gasteiger partial charge in [0.1, 0.15) is 29.4 Å². The van der Waals surface area contributed by atoms with Gasteiger partial charge in [-0.25, -0.2) is 9.59 Å². The Balaban J connectivity index is 1.18. The van der Waals surface area contributed by atoms with Crippen molar-refractivity contribution in [2.45, 2.75) is 13.5 Å². The van der Waals surface area contributed by atoms with Crippen molar-refractivity contribution < 1.29 is 29.0 Å². The van der Waals surface area contributed by atoms with Gasteiger partial charge in [0.2, 0.25) is 0 Å². The predicted molar refractivity (Wildman–Crippen MR) is 168 cm³/mol. The first-order valence-corrected chi connectivity index (χ1v) is 13.9. The number of aromatic hydroxyl groups is 1. The quantitative estimate of drug-likeness (QED) is 0.213. The number of fused-ring (bicyclic) bond motifs is 2. The summed E-state index contributed by atoms with van der Waals surface area (Å²) in [7, 11) is 1.55. The molecule has 1 aromatic heterocycles. The Morgan fingerprint density at radius 1 is 0.867 bits per heavy atom. The molecule has 0 fully saturated rings. The van der Waals surface area contributed by atoms with E-state index in [0.717, 1.165) is 5.56 Å². The van der Waals surface area contributed by atoms with Crippen LogP contribution in [0.25, 0.3) is 21.8 Å². The number of carbonyl (C=O) groups is 3. The number of primary amides is 1. The van der Waals surface area contributed by atoms with E-state index in [1.807, 2.05) is 13.0 Å². The third-order valence-corrected chi connectivity index (χ3v) is 7.38. The third kappa shape index (κ3) is 5.50. The molecule has 0 radical (unpaired) electrons. The van der Waals surface area contributed by atoms with Crippen LogP contribution in [0.5, 0.6) is 17.2 Å². The van der Waals surface area contributed by atoms with Crippen molar-refractivity contribution in [1.82, 2.24) is 15.0 Å². The number of esters is 1. The number of aromatic nitrogens is 3. The van der Waals surface area contributed by atoms with E-state index >= 15 is 0 Å². The highest BCUT2D eigenvalue weighted by atomic mass is 16.5. The summed E-state index contributed by atoms with van der Waals surface area (Å²) < 4.78 is 13.0. The molecule has 0 saturated carbocycles. The molecule has 1 heterocycles. The van der Waals surface area contributed by atoms with Crippen LogP contribution in [0, 0.1) is 6.92 Å². The Labute approximate surface area is 257 Å². The molecule has 0 aliphatic rings. The van der Waals surface area contributed by atoms with Crippen molar-refractivity contribution in [3.63, 3.8) is 0 Å².